The average molecular weight is 941 g/mol. The molecule has 9 N–H and O–H groups in total. The molecule has 3 aliphatic carbocycles. The molecule has 8 rings (SSSR count). The molecule has 0 aromatic heterocycles. The topological polar surface area (TPSA) is 186 Å². The van der Waals surface area contributed by atoms with E-state index < -0.39 is 47.5 Å². The van der Waals surface area contributed by atoms with Gasteiger partial charge in [0.15, 0.2) is 5.78 Å². The van der Waals surface area contributed by atoms with E-state index in [4.69, 9.17) is 10.5 Å². The van der Waals surface area contributed by atoms with Crippen molar-refractivity contribution >= 4 is 11.7 Å². The van der Waals surface area contributed by atoms with Crippen LogP contribution in [-0.2, 0) is 33.6 Å². The fourth-order valence-electron chi connectivity index (χ4n) is 13.2. The van der Waals surface area contributed by atoms with E-state index >= 15 is 0 Å². The Morgan fingerprint density at radius 2 is 1.80 bits per heavy atom. The maximum absolute atomic E-state index is 15.0. The minimum Gasteiger partial charge on any atom is -0.393 e. The second kappa shape index (κ2) is 22.3. The van der Waals surface area contributed by atoms with Gasteiger partial charge in [0, 0.05) is 36.8 Å². The van der Waals surface area contributed by atoms with Gasteiger partial charge in [-0.2, -0.15) is 0 Å². The molecule has 3 aliphatic heterocycles. The number of ether oxygens (including phenoxy) is 1. The molecular formula is C58H76N4O7. The molecule has 11 nitrogen and oxygen atoms in total. The first-order valence-electron chi connectivity index (χ1n) is 25.7. The Balaban J connectivity index is 1.21. The van der Waals surface area contributed by atoms with Crippen LogP contribution in [0.15, 0.2) is 101 Å². The summed E-state index contributed by atoms with van der Waals surface area (Å²) in [6, 6.07) is 13.0. The van der Waals surface area contributed by atoms with Crippen LogP contribution in [-0.4, -0.2) is 88.4 Å². The van der Waals surface area contributed by atoms with Crippen LogP contribution in [0, 0.1) is 35.0 Å². The Hall–Kier alpha value is -4.48. The zero-order valence-electron chi connectivity index (χ0n) is 41.1. The van der Waals surface area contributed by atoms with Crippen molar-refractivity contribution in [1.29, 1.82) is 0 Å². The predicted molar refractivity (Wildman–Crippen MR) is 270 cm³/mol. The number of benzene rings is 2. The molecule has 3 saturated carbocycles. The zero-order valence-corrected chi connectivity index (χ0v) is 41.1. The second-order valence-corrected chi connectivity index (χ2v) is 21.0. The quantitative estimate of drug-likeness (QED) is 0.123. The monoisotopic (exact) mass is 941 g/mol. The van der Waals surface area contributed by atoms with E-state index in [1.54, 1.807) is 0 Å². The molecule has 1 amide bonds. The largest absolute Gasteiger partial charge is 0.393 e. The summed E-state index contributed by atoms with van der Waals surface area (Å²) < 4.78 is 6.31. The molecule has 0 saturated heterocycles. The summed E-state index contributed by atoms with van der Waals surface area (Å²) in [5.41, 5.74) is 13.0. The van der Waals surface area contributed by atoms with Gasteiger partial charge in [-0.05, 0) is 147 Å². The lowest BCUT2D eigenvalue weighted by atomic mass is 9.51. The van der Waals surface area contributed by atoms with E-state index in [9.17, 15) is 30.0 Å². The van der Waals surface area contributed by atoms with Crippen molar-refractivity contribution in [2.24, 2.45) is 28.9 Å². The van der Waals surface area contributed by atoms with E-state index in [2.05, 4.69) is 72.5 Å². The summed E-state index contributed by atoms with van der Waals surface area (Å²) in [4.78, 5) is 28.7. The second-order valence-electron chi connectivity index (χ2n) is 21.0. The molecule has 11 heteroatoms. The summed E-state index contributed by atoms with van der Waals surface area (Å²) in [6.07, 6.45) is 12.7. The number of nitrogens with two attached hydrogens (primary N) is 1. The molecule has 11 unspecified atom stereocenters. The van der Waals surface area contributed by atoms with Crippen LogP contribution in [0.3, 0.4) is 0 Å². The highest BCUT2D eigenvalue weighted by molar-refractivity contribution is 5.98. The van der Waals surface area contributed by atoms with E-state index in [1.807, 2.05) is 49.4 Å². The van der Waals surface area contributed by atoms with E-state index in [-0.39, 0.29) is 55.7 Å². The lowest BCUT2D eigenvalue weighted by Gasteiger charge is -2.57. The highest BCUT2D eigenvalue weighted by Crippen LogP contribution is 2.68. The van der Waals surface area contributed by atoms with Crippen molar-refractivity contribution in [1.82, 2.24) is 16.0 Å². The van der Waals surface area contributed by atoms with Crippen molar-refractivity contribution in [3.63, 3.8) is 0 Å². The third-order valence-corrected chi connectivity index (χ3v) is 16.7. The van der Waals surface area contributed by atoms with Crippen LogP contribution in [0.1, 0.15) is 131 Å². The van der Waals surface area contributed by atoms with Crippen LogP contribution in [0.4, 0.5) is 0 Å². The Labute approximate surface area is 409 Å². The number of aryl methyl sites for hydroxylation is 1. The number of rotatable bonds is 3. The number of hydrogen-bond acceptors (Lipinski definition) is 10. The first kappa shape index (κ1) is 50.9. The summed E-state index contributed by atoms with van der Waals surface area (Å²) >= 11 is 0. The first-order valence-corrected chi connectivity index (χ1v) is 25.7. The van der Waals surface area contributed by atoms with Gasteiger partial charge in [0.25, 0.3) is 0 Å². The van der Waals surface area contributed by atoms with E-state index in [0.717, 1.165) is 59.2 Å². The molecule has 4 bridgehead atoms. The number of nitrogens with one attached hydrogen (secondary N) is 3. The van der Waals surface area contributed by atoms with Crippen molar-refractivity contribution < 1.29 is 34.8 Å². The summed E-state index contributed by atoms with van der Waals surface area (Å²) in [7, 11) is 0. The minimum atomic E-state index is -1.22. The van der Waals surface area contributed by atoms with Crippen LogP contribution >= 0.6 is 0 Å². The summed E-state index contributed by atoms with van der Waals surface area (Å²) in [5, 5.41) is 59.5. The molecule has 6 aliphatic rings. The molecule has 2 aromatic carbocycles. The number of carbonyl (C=O) groups excluding carboxylic acids is 2. The van der Waals surface area contributed by atoms with Crippen molar-refractivity contribution in [3.8, 4) is 11.8 Å². The SMILES string of the molecule is C=C1C=CC=C(C2C3CCCC4(O)CCC5=C(C)C(=O)Cc6cccc7c6C(NCC(O)CCc6cccc(c6)CC(O)CCC5C4(C3)C2O)C(=O)NC7N)COCC#CCC(C)=CCC1NCC. The Morgan fingerprint density at radius 3 is 2.62 bits per heavy atom. The number of allylic oxidation sites excluding steroid dienone is 5. The molecule has 370 valence electrons. The van der Waals surface area contributed by atoms with Gasteiger partial charge in [0.1, 0.15) is 18.8 Å². The molecule has 3 heterocycles. The van der Waals surface area contributed by atoms with Gasteiger partial charge in [0.05, 0.1) is 30.5 Å². The van der Waals surface area contributed by atoms with Gasteiger partial charge in [-0.1, -0.05) is 110 Å². The van der Waals surface area contributed by atoms with Crippen LogP contribution in [0.5, 0.6) is 0 Å². The number of carbonyl (C=O) groups is 2. The fraction of sp³-hybridized carbons (Fsp3) is 0.552. The van der Waals surface area contributed by atoms with E-state index in [0.29, 0.717) is 80.9 Å². The normalized spacial score (nSPS) is 34.2. The predicted octanol–water partition coefficient (Wildman–Crippen LogP) is 6.61. The number of amides is 1. The van der Waals surface area contributed by atoms with Crippen LogP contribution in [0.2, 0.25) is 0 Å². The maximum Gasteiger partial charge on any atom is 0.243 e. The fourth-order valence-corrected chi connectivity index (χ4v) is 13.2. The average Bonchev–Trinajstić information content (AvgIpc) is 3.50. The molecule has 2 aromatic rings. The van der Waals surface area contributed by atoms with Crippen LogP contribution in [0.25, 0.3) is 0 Å². The summed E-state index contributed by atoms with van der Waals surface area (Å²) in [5.74, 6) is 5.35. The van der Waals surface area contributed by atoms with Gasteiger partial charge >= 0.3 is 0 Å². The Bertz CT molecular complexity index is 2430. The van der Waals surface area contributed by atoms with Gasteiger partial charge in [-0.25, -0.2) is 0 Å². The van der Waals surface area contributed by atoms with Crippen molar-refractivity contribution in [2.75, 3.05) is 26.3 Å². The minimum absolute atomic E-state index is 0.0172. The number of aliphatic hydroxyl groups excluding tert-OH is 3. The highest BCUT2D eigenvalue weighted by atomic mass is 16.5. The van der Waals surface area contributed by atoms with Crippen molar-refractivity contribution in [2.45, 2.75) is 153 Å². The van der Waals surface area contributed by atoms with Crippen LogP contribution < -0.4 is 21.7 Å². The highest BCUT2D eigenvalue weighted by Gasteiger charge is 2.68. The first-order chi connectivity index (χ1) is 33.2. The maximum atomic E-state index is 15.0. The smallest absolute Gasteiger partial charge is 0.243 e. The number of aliphatic hydroxyl groups is 4. The number of ketones is 1. The molecule has 69 heavy (non-hydrogen) atoms. The molecule has 3 fully saturated rings. The van der Waals surface area contributed by atoms with Gasteiger partial charge in [-0.3, -0.25) is 14.9 Å². The summed E-state index contributed by atoms with van der Waals surface area (Å²) in [6.45, 7) is 12.0. The number of hydrogen-bond donors (Lipinski definition) is 8. The molecule has 0 radical (unpaired) electrons. The van der Waals surface area contributed by atoms with Crippen molar-refractivity contribution in [3.05, 3.63) is 129 Å². The van der Waals surface area contributed by atoms with Gasteiger partial charge in [-0.15, -0.1) is 0 Å². The number of likely N-dealkylation sites (N-methyl/N-ethyl adjacent to an activating group) is 1. The number of Topliss-reactive ketones (excluding diaryl/α,β-unsaturated/α-hetero) is 1. The third-order valence-electron chi connectivity index (χ3n) is 16.7. The Kier molecular flexibility index (Phi) is 16.4. The Morgan fingerprint density at radius 1 is 0.986 bits per heavy atom. The zero-order chi connectivity index (χ0) is 48.9. The lowest BCUT2D eigenvalue weighted by molar-refractivity contribution is -0.181. The lowest BCUT2D eigenvalue weighted by Crippen LogP contribution is -2.61. The van der Waals surface area contributed by atoms with Gasteiger partial charge < -0.3 is 41.5 Å². The molecular weight excluding hydrogens is 865 g/mol. The molecule has 1 spiro atoms. The standard InChI is InChI=1S/C58H76N4O7/c1-5-60-49-25-20-36(2)12-6-7-29-69-35-43(17-8-13-37(49)3)51-42-18-11-27-57(68)28-26-46-38(4)50(65)32-41-16-10-19-47-52(41)53(56(67)62-55(47)59)61-34-45(64)22-21-39-14-9-15-40(30-39)31-44(63)23-24-48(46)58(57,33-42)54(51)66/h8-10,13-17,19-20,30,42,44-45,48-49,51,53-55,60-61,63-64,66,68H,3,5,11-12,18,21-29,31-35,59H2,1-2,4H3,(H,62,67). The van der Waals surface area contributed by atoms with Gasteiger partial charge in [0.2, 0.25) is 5.91 Å². The number of β-amino-alcohol motifs (C(OH)–C–C–N with tert-alkyl or cyclic N) is 1. The third kappa shape index (κ3) is 10.9. The molecule has 11 atom stereocenters. The number of fused-ring (bicyclic) bond motifs is 4. The van der Waals surface area contributed by atoms with E-state index in [1.165, 1.54) is 5.57 Å².